The molecule has 0 aromatic heterocycles. The van der Waals surface area contributed by atoms with Crippen LogP contribution in [0.3, 0.4) is 0 Å². The molecule has 0 amide bonds. The number of hydrogen-bond acceptors (Lipinski definition) is 2. The molecule has 47 heavy (non-hydrogen) atoms. The van der Waals surface area contributed by atoms with E-state index in [1.165, 1.54) is 94.7 Å². The zero-order valence-corrected chi connectivity index (χ0v) is 26.0. The first kappa shape index (κ1) is 25.5. The van der Waals surface area contributed by atoms with E-state index in [1.54, 1.807) is 0 Å². The van der Waals surface area contributed by atoms with Crippen molar-refractivity contribution in [3.63, 3.8) is 0 Å². The molecule has 11 rings (SSSR count). The number of aryl methyl sites for hydroxylation is 1. The highest BCUT2D eigenvalue weighted by Crippen LogP contribution is 2.52. The molecule has 7 aromatic rings. The lowest BCUT2D eigenvalue weighted by Gasteiger charge is -2.49. The maximum absolute atomic E-state index is 2.63. The minimum Gasteiger partial charge on any atom is -0.376 e. The van der Waals surface area contributed by atoms with Gasteiger partial charge in [-0.25, -0.2) is 0 Å². The number of anilines is 4. The molecule has 216 valence electrons. The first-order valence-electron chi connectivity index (χ1n) is 16.6. The van der Waals surface area contributed by atoms with E-state index < -0.39 is 0 Å². The molecule has 0 spiro atoms. The highest BCUT2D eigenvalue weighted by Gasteiger charge is 2.49. The van der Waals surface area contributed by atoms with Gasteiger partial charge in [-0.15, -0.1) is 0 Å². The monoisotopic (exact) mass is 594 g/mol. The molecule has 4 heterocycles. The summed E-state index contributed by atoms with van der Waals surface area (Å²) < 4.78 is 0. The van der Waals surface area contributed by atoms with E-state index in [4.69, 9.17) is 0 Å². The third kappa shape index (κ3) is 3.27. The molecule has 0 radical (unpaired) electrons. The average Bonchev–Trinajstić information content (AvgIpc) is 3.14. The molecule has 2 nitrogen and oxygen atoms in total. The normalized spacial score (nSPS) is 13.9. The second kappa shape index (κ2) is 9.18. The SMILES string of the molecule is Cc1ccc2c(c1)-c1ccccc1N1B2c2cccc3c2-c2c(cccc21)B1c2ccc(-c4ccccc4)cc2-c2ccccc2N13. The van der Waals surface area contributed by atoms with Crippen LogP contribution < -0.4 is 31.5 Å². The Kier molecular flexibility index (Phi) is 4.97. The van der Waals surface area contributed by atoms with Gasteiger partial charge in [-0.1, -0.05) is 127 Å². The predicted molar refractivity (Wildman–Crippen MR) is 200 cm³/mol. The van der Waals surface area contributed by atoms with Crippen LogP contribution in [0.15, 0.2) is 152 Å². The summed E-state index contributed by atoms with van der Waals surface area (Å²) in [6.07, 6.45) is 0. The first-order valence-corrected chi connectivity index (χ1v) is 16.6. The summed E-state index contributed by atoms with van der Waals surface area (Å²) in [6, 6.07) is 56.9. The Morgan fingerprint density at radius 3 is 1.49 bits per heavy atom. The van der Waals surface area contributed by atoms with Crippen molar-refractivity contribution in [2.24, 2.45) is 0 Å². The number of fused-ring (bicyclic) bond motifs is 16. The van der Waals surface area contributed by atoms with Crippen molar-refractivity contribution in [3.8, 4) is 44.5 Å². The zero-order chi connectivity index (χ0) is 30.8. The topological polar surface area (TPSA) is 6.48 Å². The Balaban J connectivity index is 1.22. The smallest absolute Gasteiger partial charge is 0.329 e. The lowest BCUT2D eigenvalue weighted by Crippen LogP contribution is -2.65. The van der Waals surface area contributed by atoms with Gasteiger partial charge in [0.15, 0.2) is 0 Å². The van der Waals surface area contributed by atoms with Gasteiger partial charge in [-0.3, -0.25) is 0 Å². The summed E-state index contributed by atoms with van der Waals surface area (Å²) in [5.41, 5.74) is 22.4. The molecule has 0 bridgehead atoms. The molecule has 0 aliphatic carbocycles. The Morgan fingerprint density at radius 2 is 0.872 bits per heavy atom. The largest absolute Gasteiger partial charge is 0.376 e. The fraction of sp³-hybridized carbons (Fsp3) is 0.0233. The maximum atomic E-state index is 2.63. The van der Waals surface area contributed by atoms with Crippen molar-refractivity contribution in [3.05, 3.63) is 157 Å². The molecule has 0 unspecified atom stereocenters. The molecule has 7 aromatic carbocycles. The number of rotatable bonds is 1. The van der Waals surface area contributed by atoms with Gasteiger partial charge in [0.1, 0.15) is 0 Å². The van der Waals surface area contributed by atoms with Gasteiger partial charge >= 0.3 is 13.7 Å². The van der Waals surface area contributed by atoms with E-state index >= 15 is 0 Å². The minimum absolute atomic E-state index is 0.0638. The summed E-state index contributed by atoms with van der Waals surface area (Å²) in [7, 11) is 0. The van der Waals surface area contributed by atoms with Gasteiger partial charge in [0.25, 0.3) is 0 Å². The summed E-state index contributed by atoms with van der Waals surface area (Å²) in [5, 5.41) is 0. The van der Waals surface area contributed by atoms with E-state index in [0.717, 1.165) is 0 Å². The standard InChI is InChI=1S/C43H28B2N2/c1-27-21-23-34-32(25-27)30-13-5-7-17-38(30)46-40-19-10-16-37-43(40)42-36(44(34)46)15-9-20-41(42)47-39-18-8-6-14-31(39)33-26-29(22-24-35(33)45(37)47)28-11-3-2-4-12-28/h2-26H,1H3. The van der Waals surface area contributed by atoms with Crippen LogP contribution in [0.25, 0.3) is 44.5 Å². The predicted octanol–water partition coefficient (Wildman–Crippen LogP) is 7.80. The Hall–Kier alpha value is -5.73. The molecule has 4 aliphatic heterocycles. The van der Waals surface area contributed by atoms with Crippen molar-refractivity contribution >= 4 is 58.3 Å². The molecule has 0 atom stereocenters. The fourth-order valence-corrected chi connectivity index (χ4v) is 9.03. The molecule has 0 N–H and O–H groups in total. The summed E-state index contributed by atoms with van der Waals surface area (Å²) in [6.45, 7) is 2.36. The second-order valence-corrected chi connectivity index (χ2v) is 13.3. The molecule has 0 fully saturated rings. The van der Waals surface area contributed by atoms with E-state index in [0.29, 0.717) is 0 Å². The van der Waals surface area contributed by atoms with Crippen LogP contribution in [-0.4, -0.2) is 13.7 Å². The lowest BCUT2D eigenvalue weighted by molar-refractivity contribution is 1.31. The second-order valence-electron chi connectivity index (χ2n) is 13.3. The van der Waals surface area contributed by atoms with E-state index in [1.807, 2.05) is 0 Å². The summed E-state index contributed by atoms with van der Waals surface area (Å²) in [5.74, 6) is 0. The van der Waals surface area contributed by atoms with Crippen LogP contribution >= 0.6 is 0 Å². The Morgan fingerprint density at radius 1 is 0.362 bits per heavy atom. The Bertz CT molecular complexity index is 2470. The third-order valence-corrected chi connectivity index (χ3v) is 10.9. The van der Waals surface area contributed by atoms with Gasteiger partial charge in [0.2, 0.25) is 0 Å². The van der Waals surface area contributed by atoms with Gasteiger partial charge in [0, 0.05) is 45.0 Å². The van der Waals surface area contributed by atoms with Crippen LogP contribution in [-0.2, 0) is 0 Å². The summed E-state index contributed by atoms with van der Waals surface area (Å²) >= 11 is 0. The lowest BCUT2D eigenvalue weighted by atomic mass is 9.38. The number of nitrogens with zero attached hydrogens (tertiary/aromatic N) is 2. The highest BCUT2D eigenvalue weighted by molar-refractivity contribution is 6.96. The third-order valence-electron chi connectivity index (χ3n) is 10.9. The van der Waals surface area contributed by atoms with E-state index in [9.17, 15) is 0 Å². The van der Waals surface area contributed by atoms with Gasteiger partial charge in [0.05, 0.1) is 0 Å². The molecular formula is C43H28B2N2. The Labute approximate surface area is 275 Å². The van der Waals surface area contributed by atoms with Crippen LogP contribution in [0, 0.1) is 6.92 Å². The van der Waals surface area contributed by atoms with Crippen molar-refractivity contribution in [1.29, 1.82) is 0 Å². The minimum atomic E-state index is 0.0638. The van der Waals surface area contributed by atoms with Crippen molar-refractivity contribution in [1.82, 2.24) is 0 Å². The van der Waals surface area contributed by atoms with Crippen LogP contribution in [0.1, 0.15) is 5.56 Å². The van der Waals surface area contributed by atoms with E-state index in [2.05, 4.69) is 168 Å². The van der Waals surface area contributed by atoms with Crippen LogP contribution in [0.5, 0.6) is 0 Å². The fourth-order valence-electron chi connectivity index (χ4n) is 9.03. The highest BCUT2D eigenvalue weighted by atomic mass is 15.1. The zero-order valence-electron chi connectivity index (χ0n) is 26.0. The van der Waals surface area contributed by atoms with Crippen molar-refractivity contribution in [2.75, 3.05) is 9.62 Å². The van der Waals surface area contributed by atoms with Crippen molar-refractivity contribution < 1.29 is 0 Å². The van der Waals surface area contributed by atoms with Gasteiger partial charge in [-0.2, -0.15) is 0 Å². The molecule has 4 heteroatoms. The molecule has 4 aliphatic rings. The first-order chi connectivity index (χ1) is 23.3. The van der Waals surface area contributed by atoms with Crippen LogP contribution in [0.4, 0.5) is 22.7 Å². The quantitative estimate of drug-likeness (QED) is 0.179. The number of hydrogen-bond donors (Lipinski definition) is 0. The van der Waals surface area contributed by atoms with Gasteiger partial charge in [-0.05, 0) is 81.4 Å². The average molecular weight is 594 g/mol. The maximum Gasteiger partial charge on any atom is 0.329 e. The van der Waals surface area contributed by atoms with Crippen LogP contribution in [0.2, 0.25) is 0 Å². The number of benzene rings is 7. The number of para-hydroxylation sites is 2. The molecular weight excluding hydrogens is 566 g/mol. The van der Waals surface area contributed by atoms with E-state index in [-0.39, 0.29) is 13.7 Å². The molecule has 0 saturated heterocycles. The summed E-state index contributed by atoms with van der Waals surface area (Å²) in [4.78, 5) is 5.26. The molecule has 0 saturated carbocycles. The van der Waals surface area contributed by atoms with Gasteiger partial charge < -0.3 is 9.62 Å². The van der Waals surface area contributed by atoms with Crippen molar-refractivity contribution in [2.45, 2.75) is 6.92 Å².